The first-order valence-electron chi connectivity index (χ1n) is 7.29. The fourth-order valence-corrected chi connectivity index (χ4v) is 2.47. The van der Waals surface area contributed by atoms with Crippen molar-refractivity contribution in [1.82, 2.24) is 15.0 Å². The Labute approximate surface area is 133 Å². The number of benzene rings is 2. The molecule has 6 nitrogen and oxygen atoms in total. The predicted octanol–water partition coefficient (Wildman–Crippen LogP) is 2.61. The molecule has 1 heterocycles. The van der Waals surface area contributed by atoms with Crippen LogP contribution in [0.15, 0.2) is 42.5 Å². The van der Waals surface area contributed by atoms with Crippen molar-refractivity contribution >= 4 is 22.6 Å². The highest BCUT2D eigenvalue weighted by Gasteiger charge is 2.11. The fraction of sp³-hybridized carbons (Fsp3) is 0.176. The maximum Gasteiger partial charge on any atom is 0.274 e. The summed E-state index contributed by atoms with van der Waals surface area (Å²) in [6.07, 6.45) is 0. The van der Waals surface area contributed by atoms with Gasteiger partial charge in [0, 0.05) is 18.3 Å². The highest BCUT2D eigenvalue weighted by Crippen LogP contribution is 2.18. The largest absolute Gasteiger partial charge is 0.378 e. The summed E-state index contributed by atoms with van der Waals surface area (Å²) in [6, 6.07) is 13.3. The maximum absolute atomic E-state index is 11.5. The van der Waals surface area contributed by atoms with Gasteiger partial charge in [-0.2, -0.15) is 0 Å². The average Bonchev–Trinajstić information content (AvgIpc) is 2.89. The van der Waals surface area contributed by atoms with Gasteiger partial charge in [0.2, 0.25) is 0 Å². The molecule has 0 unspecified atom stereocenters. The third-order valence-corrected chi connectivity index (χ3v) is 3.84. The van der Waals surface area contributed by atoms with Crippen LogP contribution in [-0.4, -0.2) is 20.7 Å². The molecule has 1 aromatic heterocycles. The second-order valence-electron chi connectivity index (χ2n) is 5.45. The van der Waals surface area contributed by atoms with Gasteiger partial charge in [-0.05, 0) is 37.3 Å². The summed E-state index contributed by atoms with van der Waals surface area (Å²) in [7, 11) is 1.94. The summed E-state index contributed by atoms with van der Waals surface area (Å²) in [4.78, 5) is 16.0. The normalized spacial score (nSPS) is 10.7. The number of anilines is 1. The molecule has 23 heavy (non-hydrogen) atoms. The Morgan fingerprint density at radius 2 is 1.96 bits per heavy atom. The van der Waals surface area contributed by atoms with Crippen molar-refractivity contribution in [1.29, 1.82) is 0 Å². The number of rotatable bonds is 4. The molecule has 0 aliphatic heterocycles. The number of hydrogen-bond acceptors (Lipinski definition) is 4. The number of imidazole rings is 1. The van der Waals surface area contributed by atoms with Gasteiger partial charge in [0.1, 0.15) is 5.82 Å². The number of hydroxylamine groups is 1. The van der Waals surface area contributed by atoms with Gasteiger partial charge in [-0.3, -0.25) is 10.0 Å². The predicted molar refractivity (Wildman–Crippen MR) is 88.5 cm³/mol. The summed E-state index contributed by atoms with van der Waals surface area (Å²) in [5.41, 5.74) is 5.90. The Bertz CT molecular complexity index is 853. The van der Waals surface area contributed by atoms with Crippen LogP contribution >= 0.6 is 0 Å². The third kappa shape index (κ3) is 3.02. The molecule has 118 valence electrons. The third-order valence-electron chi connectivity index (χ3n) is 3.84. The van der Waals surface area contributed by atoms with Gasteiger partial charge >= 0.3 is 0 Å². The zero-order valence-electron chi connectivity index (χ0n) is 13.0. The molecule has 2 aromatic carbocycles. The molecule has 1 amide bonds. The first kappa shape index (κ1) is 15.1. The first-order valence-corrected chi connectivity index (χ1v) is 7.29. The smallest absolute Gasteiger partial charge is 0.274 e. The van der Waals surface area contributed by atoms with Crippen LogP contribution in [0.3, 0.4) is 0 Å². The lowest BCUT2D eigenvalue weighted by Gasteiger charge is -2.07. The molecular formula is C17H18N4O2. The maximum atomic E-state index is 11.5. The van der Waals surface area contributed by atoms with Gasteiger partial charge < -0.3 is 9.88 Å². The quantitative estimate of drug-likeness (QED) is 0.511. The number of nitrogens with zero attached hydrogens (tertiary/aromatic N) is 2. The first-order chi connectivity index (χ1) is 11.1. The second-order valence-corrected chi connectivity index (χ2v) is 5.45. The molecule has 0 saturated carbocycles. The molecular weight excluding hydrogens is 292 g/mol. The molecule has 3 N–H and O–H groups in total. The highest BCUT2D eigenvalue weighted by molar-refractivity contribution is 5.96. The van der Waals surface area contributed by atoms with E-state index in [1.54, 1.807) is 17.6 Å². The van der Waals surface area contributed by atoms with Crippen LogP contribution in [-0.2, 0) is 13.6 Å². The molecule has 6 heteroatoms. The van der Waals surface area contributed by atoms with Crippen LogP contribution in [0.2, 0.25) is 0 Å². The van der Waals surface area contributed by atoms with E-state index in [9.17, 15) is 4.79 Å². The number of hydrogen-bond donors (Lipinski definition) is 3. The summed E-state index contributed by atoms with van der Waals surface area (Å²) >= 11 is 0. The van der Waals surface area contributed by atoms with E-state index in [0.29, 0.717) is 17.6 Å². The minimum Gasteiger partial charge on any atom is -0.378 e. The lowest BCUT2D eigenvalue weighted by molar-refractivity contribution is 0.0706. The van der Waals surface area contributed by atoms with E-state index in [1.165, 1.54) is 5.56 Å². The molecule has 3 aromatic rings. The van der Waals surface area contributed by atoms with Crippen LogP contribution in [0.1, 0.15) is 21.7 Å². The van der Waals surface area contributed by atoms with E-state index in [4.69, 9.17) is 5.21 Å². The highest BCUT2D eigenvalue weighted by atomic mass is 16.5. The van der Waals surface area contributed by atoms with E-state index in [1.807, 2.05) is 29.8 Å². The van der Waals surface area contributed by atoms with Crippen molar-refractivity contribution in [2.75, 3.05) is 5.32 Å². The van der Waals surface area contributed by atoms with E-state index in [-0.39, 0.29) is 0 Å². The van der Waals surface area contributed by atoms with Crippen LogP contribution in [0.5, 0.6) is 0 Å². The van der Waals surface area contributed by atoms with Crippen molar-refractivity contribution in [3.05, 3.63) is 59.4 Å². The number of aryl methyl sites for hydroxylation is 2. The number of aromatic nitrogens is 2. The number of amides is 1. The van der Waals surface area contributed by atoms with E-state index in [2.05, 4.69) is 29.4 Å². The number of carbonyl (C=O) groups is 1. The van der Waals surface area contributed by atoms with Gasteiger partial charge in [-0.1, -0.05) is 17.7 Å². The molecule has 0 bridgehead atoms. The van der Waals surface area contributed by atoms with Crippen molar-refractivity contribution < 1.29 is 10.0 Å². The van der Waals surface area contributed by atoms with Gasteiger partial charge in [0.15, 0.2) is 0 Å². The Hall–Kier alpha value is -2.86. The zero-order chi connectivity index (χ0) is 16.4. The fourth-order valence-electron chi connectivity index (χ4n) is 2.47. The number of nitrogens with one attached hydrogen (secondary N) is 2. The molecule has 0 fully saturated rings. The Kier molecular flexibility index (Phi) is 3.99. The van der Waals surface area contributed by atoms with Crippen molar-refractivity contribution in [2.45, 2.75) is 13.5 Å². The van der Waals surface area contributed by atoms with Crippen molar-refractivity contribution in [2.24, 2.45) is 7.05 Å². The minimum atomic E-state index is -0.545. The van der Waals surface area contributed by atoms with E-state index >= 15 is 0 Å². The van der Waals surface area contributed by atoms with E-state index in [0.717, 1.165) is 17.0 Å². The Morgan fingerprint density at radius 3 is 2.65 bits per heavy atom. The molecule has 0 radical (unpaired) electrons. The van der Waals surface area contributed by atoms with Crippen molar-refractivity contribution in [3.8, 4) is 0 Å². The molecule has 0 spiro atoms. The van der Waals surface area contributed by atoms with Crippen LogP contribution in [0.4, 0.5) is 5.69 Å². The van der Waals surface area contributed by atoms with Crippen LogP contribution in [0, 0.1) is 6.92 Å². The minimum absolute atomic E-state index is 0.371. The zero-order valence-corrected chi connectivity index (χ0v) is 13.0. The van der Waals surface area contributed by atoms with Gasteiger partial charge in [-0.25, -0.2) is 10.5 Å². The lowest BCUT2D eigenvalue weighted by atomic mass is 10.2. The molecule has 3 rings (SSSR count). The van der Waals surface area contributed by atoms with Gasteiger partial charge in [0.05, 0.1) is 17.6 Å². The topological polar surface area (TPSA) is 79.2 Å². The van der Waals surface area contributed by atoms with Crippen LogP contribution in [0.25, 0.3) is 11.0 Å². The van der Waals surface area contributed by atoms with Gasteiger partial charge in [-0.15, -0.1) is 0 Å². The Balaban J connectivity index is 1.84. The lowest BCUT2D eigenvalue weighted by Crippen LogP contribution is -2.18. The summed E-state index contributed by atoms with van der Waals surface area (Å²) in [5.74, 6) is 0.319. The number of carbonyl (C=O) groups excluding carboxylic acids is 1. The summed E-state index contributed by atoms with van der Waals surface area (Å²) in [5, 5.41) is 12.1. The van der Waals surface area contributed by atoms with Gasteiger partial charge in [0.25, 0.3) is 5.91 Å². The molecule has 0 atom stereocenters. The molecule has 0 aliphatic carbocycles. The van der Waals surface area contributed by atoms with Crippen molar-refractivity contribution in [3.63, 3.8) is 0 Å². The molecule has 0 saturated heterocycles. The average molecular weight is 310 g/mol. The van der Waals surface area contributed by atoms with Crippen LogP contribution < -0.4 is 10.8 Å². The standard InChI is InChI=1S/C17H18N4O2/c1-11-3-6-13(7-4-11)18-10-16-19-14-9-12(17(22)20-23)5-8-15(14)21(16)2/h3-9,18,23H,10H2,1-2H3,(H,20,22). The monoisotopic (exact) mass is 310 g/mol. The Morgan fingerprint density at radius 1 is 1.22 bits per heavy atom. The summed E-state index contributed by atoms with van der Waals surface area (Å²) in [6.45, 7) is 2.63. The molecule has 0 aliphatic rings. The summed E-state index contributed by atoms with van der Waals surface area (Å²) < 4.78 is 1.98. The number of fused-ring (bicyclic) bond motifs is 1. The SMILES string of the molecule is Cc1ccc(NCc2nc3cc(C(=O)NO)ccc3n2C)cc1. The van der Waals surface area contributed by atoms with E-state index < -0.39 is 5.91 Å². The second kappa shape index (κ2) is 6.10.